The Hall–Kier alpha value is -1.84. The molecule has 2 N–H and O–H groups in total. The zero-order valence-electron chi connectivity index (χ0n) is 19.4. The van der Waals surface area contributed by atoms with Crippen molar-refractivity contribution in [2.24, 2.45) is 4.99 Å². The van der Waals surface area contributed by atoms with Gasteiger partial charge in [-0.15, -0.1) is 24.0 Å². The summed E-state index contributed by atoms with van der Waals surface area (Å²) in [7, 11) is 5.85. The fourth-order valence-corrected chi connectivity index (χ4v) is 3.07. The number of methoxy groups -OCH3 is 1. The normalized spacial score (nSPS) is 11.2. The van der Waals surface area contributed by atoms with Gasteiger partial charge in [-0.05, 0) is 50.7 Å². The number of halogens is 1. The molecule has 172 valence electrons. The number of hydrogen-bond donors (Lipinski definition) is 2. The summed E-state index contributed by atoms with van der Waals surface area (Å²) in [5.74, 6) is 1.66. The van der Waals surface area contributed by atoms with Crippen LogP contribution in [0.4, 0.5) is 0 Å². The molecule has 0 atom stereocenters. The maximum absolute atomic E-state index is 5.89. The summed E-state index contributed by atoms with van der Waals surface area (Å²) in [6.45, 7) is 8.20. The van der Waals surface area contributed by atoms with E-state index in [1.807, 2.05) is 0 Å². The molecule has 2 aromatic carbocycles. The first kappa shape index (κ1) is 27.2. The first-order valence-corrected chi connectivity index (χ1v) is 10.5. The number of nitrogens with zero attached hydrogens (tertiary/aromatic N) is 2. The van der Waals surface area contributed by atoms with Crippen LogP contribution in [0.15, 0.2) is 47.5 Å². The van der Waals surface area contributed by atoms with E-state index in [1.165, 1.54) is 11.1 Å². The van der Waals surface area contributed by atoms with Gasteiger partial charge in [0.05, 0.1) is 13.2 Å². The van der Waals surface area contributed by atoms with E-state index < -0.39 is 0 Å². The summed E-state index contributed by atoms with van der Waals surface area (Å²) in [6, 6.07) is 14.7. The van der Waals surface area contributed by atoms with Gasteiger partial charge >= 0.3 is 0 Å². The molecule has 0 heterocycles. The van der Waals surface area contributed by atoms with E-state index >= 15 is 0 Å². The van der Waals surface area contributed by atoms with Crippen molar-refractivity contribution in [1.29, 1.82) is 0 Å². The van der Waals surface area contributed by atoms with Crippen molar-refractivity contribution in [2.75, 3.05) is 41.0 Å². The predicted molar refractivity (Wildman–Crippen MR) is 139 cm³/mol. The van der Waals surface area contributed by atoms with Gasteiger partial charge in [0.15, 0.2) is 5.96 Å². The lowest BCUT2D eigenvalue weighted by molar-refractivity contribution is 0.145. The summed E-state index contributed by atoms with van der Waals surface area (Å²) >= 11 is 0. The molecule has 2 aromatic rings. The Morgan fingerprint density at radius 2 is 1.74 bits per heavy atom. The maximum atomic E-state index is 5.89. The molecule has 0 radical (unpaired) electrons. The minimum atomic E-state index is 0. The van der Waals surface area contributed by atoms with Crippen LogP contribution in [0.25, 0.3) is 0 Å². The van der Waals surface area contributed by atoms with Gasteiger partial charge in [-0.2, -0.15) is 0 Å². The van der Waals surface area contributed by atoms with E-state index in [4.69, 9.17) is 14.5 Å². The van der Waals surface area contributed by atoms with E-state index in [2.05, 4.69) is 85.9 Å². The van der Waals surface area contributed by atoms with Crippen LogP contribution < -0.4 is 15.4 Å². The van der Waals surface area contributed by atoms with Gasteiger partial charge in [0.25, 0.3) is 0 Å². The molecule has 0 aliphatic rings. The van der Waals surface area contributed by atoms with Crippen LogP contribution in [0.5, 0.6) is 5.75 Å². The van der Waals surface area contributed by atoms with Gasteiger partial charge in [0.2, 0.25) is 0 Å². The average Bonchev–Trinajstić information content (AvgIpc) is 2.72. The van der Waals surface area contributed by atoms with E-state index in [0.717, 1.165) is 42.5 Å². The van der Waals surface area contributed by atoms with Gasteiger partial charge in [0, 0.05) is 32.3 Å². The second-order valence-corrected chi connectivity index (χ2v) is 7.51. The molecule has 0 spiro atoms. The minimum absolute atomic E-state index is 0. The number of aryl methyl sites for hydroxylation is 1. The quantitative estimate of drug-likeness (QED) is 0.196. The molecule has 0 aromatic heterocycles. The molecule has 0 amide bonds. The Labute approximate surface area is 204 Å². The van der Waals surface area contributed by atoms with Crippen molar-refractivity contribution in [1.82, 2.24) is 15.5 Å². The van der Waals surface area contributed by atoms with Crippen molar-refractivity contribution in [2.45, 2.75) is 33.5 Å². The first-order valence-electron chi connectivity index (χ1n) is 10.5. The highest BCUT2D eigenvalue weighted by molar-refractivity contribution is 14.0. The fraction of sp³-hybridized carbons (Fsp3) is 0.458. The Morgan fingerprint density at radius 1 is 1.00 bits per heavy atom. The van der Waals surface area contributed by atoms with Crippen molar-refractivity contribution >= 4 is 29.9 Å². The van der Waals surface area contributed by atoms with Crippen LogP contribution in [0.1, 0.15) is 29.2 Å². The van der Waals surface area contributed by atoms with Gasteiger partial charge in [-0.1, -0.05) is 36.4 Å². The molecule has 0 bridgehead atoms. The van der Waals surface area contributed by atoms with Crippen LogP contribution in [-0.4, -0.2) is 51.8 Å². The van der Waals surface area contributed by atoms with Gasteiger partial charge < -0.3 is 25.0 Å². The Balaban J connectivity index is 0.00000480. The van der Waals surface area contributed by atoms with Crippen LogP contribution in [0, 0.1) is 6.92 Å². The van der Waals surface area contributed by atoms with Crippen molar-refractivity contribution in [3.8, 4) is 5.75 Å². The van der Waals surface area contributed by atoms with Crippen molar-refractivity contribution < 1.29 is 9.47 Å². The standard InChI is InChI=1S/C24H36N4O2.HI/c1-6-25-24(26-16-20-9-7-8-10-22(20)18-28(3)4)27-17-21-12-11-19(2)15-23(21)30-14-13-29-5;/h7-12,15H,6,13-14,16-18H2,1-5H3,(H2,25,26,27);1H. The van der Waals surface area contributed by atoms with E-state index in [-0.39, 0.29) is 24.0 Å². The second kappa shape index (κ2) is 15.0. The summed E-state index contributed by atoms with van der Waals surface area (Å²) in [4.78, 5) is 6.96. The molecule has 2 rings (SSSR count). The third-order valence-corrected chi connectivity index (χ3v) is 4.57. The van der Waals surface area contributed by atoms with Crippen LogP contribution in [0.2, 0.25) is 0 Å². The Kier molecular flexibility index (Phi) is 13.2. The van der Waals surface area contributed by atoms with Gasteiger partial charge in [0.1, 0.15) is 12.4 Å². The van der Waals surface area contributed by atoms with E-state index in [9.17, 15) is 0 Å². The zero-order chi connectivity index (χ0) is 21.8. The highest BCUT2D eigenvalue weighted by Gasteiger charge is 2.07. The topological polar surface area (TPSA) is 58.1 Å². The SMILES string of the molecule is CCNC(=NCc1ccc(C)cc1OCCOC)NCc1ccccc1CN(C)C.I. The van der Waals surface area contributed by atoms with E-state index in [0.29, 0.717) is 19.8 Å². The second-order valence-electron chi connectivity index (χ2n) is 7.51. The number of rotatable bonds is 11. The summed E-state index contributed by atoms with van der Waals surface area (Å²) in [5.41, 5.74) is 4.81. The lowest BCUT2D eigenvalue weighted by Gasteiger charge is -2.17. The third kappa shape index (κ3) is 9.88. The van der Waals surface area contributed by atoms with Crippen LogP contribution in [0.3, 0.4) is 0 Å². The van der Waals surface area contributed by atoms with Crippen LogP contribution >= 0.6 is 24.0 Å². The largest absolute Gasteiger partial charge is 0.491 e. The van der Waals surface area contributed by atoms with Crippen molar-refractivity contribution in [3.63, 3.8) is 0 Å². The lowest BCUT2D eigenvalue weighted by Crippen LogP contribution is -2.37. The number of guanidine groups is 1. The monoisotopic (exact) mass is 540 g/mol. The van der Waals surface area contributed by atoms with E-state index in [1.54, 1.807) is 7.11 Å². The smallest absolute Gasteiger partial charge is 0.191 e. The molecule has 0 aliphatic carbocycles. The number of aliphatic imine (C=N–C) groups is 1. The predicted octanol–water partition coefficient (Wildman–Crippen LogP) is 3.96. The number of hydrogen-bond acceptors (Lipinski definition) is 4. The molecule has 0 fully saturated rings. The summed E-state index contributed by atoms with van der Waals surface area (Å²) < 4.78 is 11.0. The molecule has 0 aliphatic heterocycles. The minimum Gasteiger partial charge on any atom is -0.491 e. The first-order chi connectivity index (χ1) is 14.5. The van der Waals surface area contributed by atoms with Crippen LogP contribution in [-0.2, 0) is 24.4 Å². The zero-order valence-corrected chi connectivity index (χ0v) is 21.7. The highest BCUT2D eigenvalue weighted by Crippen LogP contribution is 2.21. The summed E-state index contributed by atoms with van der Waals surface area (Å²) in [5, 5.41) is 6.80. The average molecular weight is 540 g/mol. The lowest BCUT2D eigenvalue weighted by atomic mass is 10.1. The summed E-state index contributed by atoms with van der Waals surface area (Å²) in [6.07, 6.45) is 0. The number of nitrogens with one attached hydrogen (secondary N) is 2. The molecule has 0 unspecified atom stereocenters. The van der Waals surface area contributed by atoms with Crippen molar-refractivity contribution in [3.05, 3.63) is 64.7 Å². The van der Waals surface area contributed by atoms with Gasteiger partial charge in [-0.25, -0.2) is 4.99 Å². The Morgan fingerprint density at radius 3 is 2.42 bits per heavy atom. The number of ether oxygens (including phenoxy) is 2. The molecule has 7 heteroatoms. The number of benzene rings is 2. The molecule has 31 heavy (non-hydrogen) atoms. The molecule has 0 saturated carbocycles. The Bertz CT molecular complexity index is 812. The highest BCUT2D eigenvalue weighted by atomic mass is 127. The molecule has 0 saturated heterocycles. The fourth-order valence-electron chi connectivity index (χ4n) is 3.07. The molecule has 6 nitrogen and oxygen atoms in total. The molecular weight excluding hydrogens is 503 g/mol. The maximum Gasteiger partial charge on any atom is 0.191 e. The van der Waals surface area contributed by atoms with Gasteiger partial charge in [-0.3, -0.25) is 0 Å². The third-order valence-electron chi connectivity index (χ3n) is 4.57. The molecular formula is C24H37IN4O2.